The van der Waals surface area contributed by atoms with Crippen molar-refractivity contribution >= 4 is 28.8 Å². The van der Waals surface area contributed by atoms with Gasteiger partial charge in [-0.1, -0.05) is 6.07 Å². The lowest BCUT2D eigenvalue weighted by Crippen LogP contribution is -2.42. The van der Waals surface area contributed by atoms with E-state index in [1.54, 1.807) is 27.8 Å². The Morgan fingerprint density at radius 2 is 2.00 bits per heavy atom. The zero-order valence-electron chi connectivity index (χ0n) is 22.0. The summed E-state index contributed by atoms with van der Waals surface area (Å²) in [7, 11) is 1.41. The van der Waals surface area contributed by atoms with Crippen LogP contribution in [0.4, 0.5) is 15.3 Å². The third kappa shape index (κ3) is 5.10. The molecule has 0 radical (unpaired) electrons. The molecule has 0 bridgehead atoms. The van der Waals surface area contributed by atoms with E-state index in [0.717, 1.165) is 47.5 Å². The van der Waals surface area contributed by atoms with Crippen LogP contribution in [-0.2, 0) is 30.7 Å². The van der Waals surface area contributed by atoms with E-state index < -0.39 is 0 Å². The molecule has 4 heterocycles. The predicted molar refractivity (Wildman–Crippen MR) is 145 cm³/mol. The minimum absolute atomic E-state index is 0.00839. The van der Waals surface area contributed by atoms with E-state index in [2.05, 4.69) is 15.2 Å². The van der Waals surface area contributed by atoms with Gasteiger partial charge >= 0.3 is 12.1 Å². The quantitative estimate of drug-likeness (QED) is 0.416. The monoisotopic (exact) mass is 521 g/mol. The van der Waals surface area contributed by atoms with Gasteiger partial charge in [-0.25, -0.2) is 14.6 Å². The van der Waals surface area contributed by atoms with Crippen LogP contribution in [0.15, 0.2) is 41.3 Å². The van der Waals surface area contributed by atoms with E-state index in [-0.39, 0.29) is 23.7 Å². The number of methoxy groups -OCH3 is 1. The minimum atomic E-state index is -0.364. The summed E-state index contributed by atoms with van der Waals surface area (Å²) in [6.45, 7) is 6.76. The number of ether oxygens (including phenoxy) is 1. The fraction of sp³-hybridized carbons (Fsp3) is 0.481. The maximum absolute atomic E-state index is 12.6. The summed E-state index contributed by atoms with van der Waals surface area (Å²) < 4.78 is 8.97. The maximum Gasteiger partial charge on any atom is 0.414 e. The zero-order chi connectivity index (χ0) is 26.6. The molecule has 3 amide bonds. The molecule has 38 heavy (non-hydrogen) atoms. The zero-order valence-corrected chi connectivity index (χ0v) is 22.0. The summed E-state index contributed by atoms with van der Waals surface area (Å²) >= 11 is 0. The molecule has 0 aliphatic carbocycles. The van der Waals surface area contributed by atoms with E-state index in [1.165, 1.54) is 7.11 Å². The molecule has 0 unspecified atom stereocenters. The summed E-state index contributed by atoms with van der Waals surface area (Å²) in [5.41, 5.74) is 3.77. The standard InChI is InChI=1S/C27H35N7O4/c1-19-6-7-20-21(34(19)27(37)38-2)8-9-22-25(20)30-23(10-15-31-14-4-3-5-24(31)35)33(22)18-12-28-11-16-32-17-13-29-26(32)36/h3-5,8-9,14,19,28H,6-7,10-13,15-18H2,1-2H3,(H,29,36)/t19-/m0/s1. The minimum Gasteiger partial charge on any atom is -0.452 e. The molecule has 3 aromatic rings. The molecular weight excluding hydrogens is 486 g/mol. The number of aromatic nitrogens is 3. The number of pyridine rings is 1. The topological polar surface area (TPSA) is 114 Å². The van der Waals surface area contributed by atoms with Crippen molar-refractivity contribution in [1.82, 2.24) is 29.7 Å². The van der Waals surface area contributed by atoms with Gasteiger partial charge in [0.05, 0.1) is 23.8 Å². The number of aryl methyl sites for hydroxylation is 3. The summed E-state index contributed by atoms with van der Waals surface area (Å²) in [5, 5.41) is 6.27. The molecule has 11 heteroatoms. The number of nitrogens with zero attached hydrogens (tertiary/aromatic N) is 5. The molecular formula is C27H35N7O4. The molecule has 1 aromatic carbocycles. The summed E-state index contributed by atoms with van der Waals surface area (Å²) in [5.74, 6) is 0.896. The van der Waals surface area contributed by atoms with Crippen LogP contribution >= 0.6 is 0 Å². The SMILES string of the molecule is COC(=O)N1c2ccc3c(nc(CCn4ccccc4=O)n3CCNCCN3CCNC3=O)c2CC[C@@H]1C. The van der Waals surface area contributed by atoms with Crippen LogP contribution in [0.25, 0.3) is 11.0 Å². The van der Waals surface area contributed by atoms with Crippen LogP contribution in [0, 0.1) is 0 Å². The third-order valence-electron chi connectivity index (χ3n) is 7.45. The average Bonchev–Trinajstić information content (AvgIpc) is 3.50. The Kier molecular flexibility index (Phi) is 7.64. The van der Waals surface area contributed by atoms with Crippen molar-refractivity contribution in [1.29, 1.82) is 0 Å². The van der Waals surface area contributed by atoms with Gasteiger partial charge in [0.2, 0.25) is 0 Å². The van der Waals surface area contributed by atoms with Crippen molar-refractivity contribution < 1.29 is 14.3 Å². The van der Waals surface area contributed by atoms with Crippen molar-refractivity contribution in [3.05, 3.63) is 58.3 Å². The molecule has 2 aliphatic rings. The first-order valence-electron chi connectivity index (χ1n) is 13.2. The fourth-order valence-electron chi connectivity index (χ4n) is 5.41. The van der Waals surface area contributed by atoms with Crippen molar-refractivity contribution in [3.63, 3.8) is 0 Å². The number of rotatable bonds is 9. The molecule has 2 aliphatic heterocycles. The average molecular weight is 522 g/mol. The molecule has 202 valence electrons. The van der Waals surface area contributed by atoms with Crippen LogP contribution < -0.4 is 21.1 Å². The number of fused-ring (bicyclic) bond motifs is 3. The van der Waals surface area contributed by atoms with Gasteiger partial charge in [0, 0.05) is 76.1 Å². The van der Waals surface area contributed by atoms with Crippen LogP contribution in [0.3, 0.4) is 0 Å². The molecule has 0 spiro atoms. The Labute approximate surface area is 221 Å². The highest BCUT2D eigenvalue weighted by Gasteiger charge is 2.31. The lowest BCUT2D eigenvalue weighted by molar-refractivity contribution is 0.175. The number of urea groups is 1. The van der Waals surface area contributed by atoms with Gasteiger partial charge in [-0.15, -0.1) is 0 Å². The molecule has 2 N–H and O–H groups in total. The van der Waals surface area contributed by atoms with Gasteiger partial charge in [0.25, 0.3) is 5.56 Å². The molecule has 1 fully saturated rings. The van der Waals surface area contributed by atoms with Gasteiger partial charge in [-0.2, -0.15) is 0 Å². The second-order valence-electron chi connectivity index (χ2n) is 9.79. The van der Waals surface area contributed by atoms with E-state index in [4.69, 9.17) is 9.72 Å². The van der Waals surface area contributed by atoms with Gasteiger partial charge in [-0.05, 0) is 38.0 Å². The highest BCUT2D eigenvalue weighted by atomic mass is 16.5. The summed E-state index contributed by atoms with van der Waals surface area (Å²) in [6, 6.07) is 9.22. The second-order valence-corrected chi connectivity index (χ2v) is 9.79. The van der Waals surface area contributed by atoms with Crippen LogP contribution in [0.5, 0.6) is 0 Å². The van der Waals surface area contributed by atoms with E-state index in [9.17, 15) is 14.4 Å². The maximum atomic E-state index is 12.6. The Bertz CT molecular complexity index is 1380. The highest BCUT2D eigenvalue weighted by Crippen LogP contribution is 2.36. The van der Waals surface area contributed by atoms with E-state index in [0.29, 0.717) is 45.7 Å². The van der Waals surface area contributed by atoms with E-state index in [1.807, 2.05) is 30.0 Å². The normalized spacial score (nSPS) is 17.1. The first-order chi connectivity index (χ1) is 18.5. The number of carbonyl (C=O) groups is 2. The summed E-state index contributed by atoms with van der Waals surface area (Å²) in [6.07, 6.45) is 3.68. The Balaban J connectivity index is 1.40. The third-order valence-corrected chi connectivity index (χ3v) is 7.45. The lowest BCUT2D eigenvalue weighted by atomic mass is 9.96. The number of benzene rings is 1. The summed E-state index contributed by atoms with van der Waals surface area (Å²) in [4.78, 5) is 45.2. The van der Waals surface area contributed by atoms with Crippen molar-refractivity contribution in [2.24, 2.45) is 0 Å². The van der Waals surface area contributed by atoms with Crippen LogP contribution in [0.1, 0.15) is 24.7 Å². The molecule has 1 saturated heterocycles. The molecule has 0 saturated carbocycles. The van der Waals surface area contributed by atoms with Crippen LogP contribution in [-0.4, -0.2) is 77.0 Å². The molecule has 11 nitrogen and oxygen atoms in total. The fourth-order valence-corrected chi connectivity index (χ4v) is 5.41. The number of hydrogen-bond donors (Lipinski definition) is 2. The Morgan fingerprint density at radius 1 is 1.16 bits per heavy atom. The lowest BCUT2D eigenvalue weighted by Gasteiger charge is -2.34. The van der Waals surface area contributed by atoms with E-state index >= 15 is 0 Å². The smallest absolute Gasteiger partial charge is 0.414 e. The molecule has 2 aromatic heterocycles. The van der Waals surface area contributed by atoms with Crippen LogP contribution in [0.2, 0.25) is 0 Å². The number of carbonyl (C=O) groups excluding carboxylic acids is 2. The Morgan fingerprint density at radius 3 is 2.76 bits per heavy atom. The number of nitrogens with one attached hydrogen (secondary N) is 2. The second kappa shape index (κ2) is 11.3. The Hall–Kier alpha value is -3.86. The first-order valence-corrected chi connectivity index (χ1v) is 13.2. The van der Waals surface area contributed by atoms with Gasteiger partial charge < -0.3 is 29.4 Å². The predicted octanol–water partition coefficient (Wildman–Crippen LogP) is 1.96. The van der Waals surface area contributed by atoms with Gasteiger partial charge in [-0.3, -0.25) is 9.69 Å². The van der Waals surface area contributed by atoms with Gasteiger partial charge in [0.1, 0.15) is 5.82 Å². The number of imidazole rings is 1. The van der Waals surface area contributed by atoms with Crippen molar-refractivity contribution in [2.75, 3.05) is 44.7 Å². The number of hydrogen-bond acceptors (Lipinski definition) is 6. The largest absolute Gasteiger partial charge is 0.452 e. The number of anilines is 1. The molecule has 5 rings (SSSR count). The first kappa shape index (κ1) is 25.8. The number of amides is 3. The van der Waals surface area contributed by atoms with Crippen molar-refractivity contribution in [3.8, 4) is 0 Å². The highest BCUT2D eigenvalue weighted by molar-refractivity contribution is 5.95. The van der Waals surface area contributed by atoms with Crippen molar-refractivity contribution in [2.45, 2.75) is 45.3 Å². The van der Waals surface area contributed by atoms with Gasteiger partial charge in [0.15, 0.2) is 0 Å². The molecule has 1 atom stereocenters.